The summed E-state index contributed by atoms with van der Waals surface area (Å²) < 4.78 is 90.2. The van der Waals surface area contributed by atoms with E-state index in [0.717, 1.165) is 0 Å². The zero-order valence-electron chi connectivity index (χ0n) is 27.8. The molecule has 1 saturated heterocycles. The van der Waals surface area contributed by atoms with Gasteiger partial charge in [-0.05, 0) is 50.5 Å². The van der Waals surface area contributed by atoms with Crippen LogP contribution in [0.3, 0.4) is 0 Å². The van der Waals surface area contributed by atoms with E-state index in [0.29, 0.717) is 67.5 Å². The van der Waals surface area contributed by atoms with E-state index in [4.69, 9.17) is 4.74 Å². The van der Waals surface area contributed by atoms with Crippen LogP contribution in [0.1, 0.15) is 67.6 Å². The second kappa shape index (κ2) is 13.7. The van der Waals surface area contributed by atoms with Crippen LogP contribution < -0.4 is 14.7 Å². The fourth-order valence-corrected chi connectivity index (χ4v) is 6.59. The van der Waals surface area contributed by atoms with E-state index in [-0.39, 0.29) is 36.5 Å². The van der Waals surface area contributed by atoms with E-state index >= 15 is 0 Å². The minimum absolute atomic E-state index is 0.0328. The van der Waals surface area contributed by atoms with Crippen molar-refractivity contribution >= 4 is 29.5 Å². The first-order valence-electron chi connectivity index (χ1n) is 15.9. The molecule has 0 saturated carbocycles. The highest BCUT2D eigenvalue weighted by Gasteiger charge is 2.44. The summed E-state index contributed by atoms with van der Waals surface area (Å²) in [6.45, 7) is 8.52. The fraction of sp³-hybridized carbons (Fsp3) is 0.531. The summed E-state index contributed by atoms with van der Waals surface area (Å²) in [4.78, 5) is 41.0. The molecule has 266 valence electrons. The predicted molar refractivity (Wildman–Crippen MR) is 168 cm³/mol. The van der Waals surface area contributed by atoms with Gasteiger partial charge in [0.25, 0.3) is 0 Å². The molecule has 2 aliphatic rings. The molecule has 2 atom stereocenters. The Labute approximate surface area is 279 Å². The van der Waals surface area contributed by atoms with Gasteiger partial charge in [0.05, 0.1) is 47.6 Å². The minimum Gasteiger partial charge on any atom is -0.449 e. The van der Waals surface area contributed by atoms with Gasteiger partial charge < -0.3 is 19.4 Å². The molecule has 1 aromatic carbocycles. The summed E-state index contributed by atoms with van der Waals surface area (Å²) in [5.41, 5.74) is -1.40. The molecule has 2 amide bonds. The van der Waals surface area contributed by atoms with Crippen molar-refractivity contribution in [1.29, 1.82) is 0 Å². The van der Waals surface area contributed by atoms with Gasteiger partial charge in [0, 0.05) is 58.3 Å². The third kappa shape index (κ3) is 7.39. The lowest BCUT2D eigenvalue weighted by molar-refractivity contribution is -0.143. The average Bonchev–Trinajstić information content (AvgIpc) is 3.35. The van der Waals surface area contributed by atoms with E-state index in [2.05, 4.69) is 15.1 Å². The van der Waals surface area contributed by atoms with Crippen molar-refractivity contribution in [2.45, 2.75) is 71.5 Å². The first-order chi connectivity index (χ1) is 23.0. The normalized spacial score (nSPS) is 18.4. The van der Waals surface area contributed by atoms with Gasteiger partial charge in [0.15, 0.2) is 0 Å². The van der Waals surface area contributed by atoms with Crippen LogP contribution in [0, 0.1) is 6.92 Å². The molecule has 17 heteroatoms. The Morgan fingerprint density at radius 1 is 0.959 bits per heavy atom. The molecule has 5 rings (SSSR count). The van der Waals surface area contributed by atoms with Crippen molar-refractivity contribution < 1.29 is 40.7 Å². The SMILES string of the molecule is CCOC(=O)N1c2c(c(C)nn2C)C(N(Cc2cc(C(F)(F)F)cc(C(F)(F)F)c2)c2ncc(N3CCN(C(C)=O)CC3)cn2)CC1CC. The molecular formula is C32H38F6N8O3. The summed E-state index contributed by atoms with van der Waals surface area (Å²) in [6, 6.07) is 0.339. The number of nitrogens with zero attached hydrogens (tertiary/aromatic N) is 8. The second-order valence-corrected chi connectivity index (χ2v) is 12.1. The number of alkyl halides is 6. The van der Waals surface area contributed by atoms with Crippen LogP contribution in [0.4, 0.5) is 48.6 Å². The summed E-state index contributed by atoms with van der Waals surface area (Å²) >= 11 is 0. The fourth-order valence-electron chi connectivity index (χ4n) is 6.59. The number of carbonyl (C=O) groups is 2. The predicted octanol–water partition coefficient (Wildman–Crippen LogP) is 6.12. The van der Waals surface area contributed by atoms with Gasteiger partial charge in [0.2, 0.25) is 11.9 Å². The number of piperazine rings is 1. The Bertz CT molecular complexity index is 1640. The van der Waals surface area contributed by atoms with Crippen molar-refractivity contribution in [2.24, 2.45) is 7.05 Å². The number of aryl methyl sites for hydroxylation is 2. The Kier molecular flexibility index (Phi) is 10.0. The van der Waals surface area contributed by atoms with Crippen molar-refractivity contribution in [3.8, 4) is 0 Å². The van der Waals surface area contributed by atoms with Gasteiger partial charge in [0.1, 0.15) is 5.82 Å². The standard InChI is InChI=1S/C32H38F6N8O3/c1-6-24-15-26(27-19(3)41-42(5)28(27)46(24)30(48)49-7-2)45(18-21-12-22(31(33,34)35)14-23(13-21)32(36,37)38)29-39-16-25(17-40-29)44-10-8-43(9-11-44)20(4)47/h12-14,16-17,24,26H,6-11,15,18H2,1-5H3. The summed E-state index contributed by atoms with van der Waals surface area (Å²) in [7, 11) is 1.65. The van der Waals surface area contributed by atoms with Crippen LogP contribution in [0.15, 0.2) is 30.6 Å². The molecule has 0 aliphatic carbocycles. The van der Waals surface area contributed by atoms with Crippen LogP contribution in [0.5, 0.6) is 0 Å². The molecule has 49 heavy (non-hydrogen) atoms. The number of carbonyl (C=O) groups excluding carboxylic acids is 2. The average molecular weight is 697 g/mol. The van der Waals surface area contributed by atoms with E-state index in [1.54, 1.807) is 43.1 Å². The molecule has 0 spiro atoms. The Hall–Kier alpha value is -4.57. The highest BCUT2D eigenvalue weighted by Crippen LogP contribution is 2.45. The number of hydrogen-bond acceptors (Lipinski definition) is 8. The maximum atomic E-state index is 13.9. The highest BCUT2D eigenvalue weighted by molar-refractivity contribution is 5.89. The Balaban J connectivity index is 1.62. The largest absolute Gasteiger partial charge is 0.449 e. The number of ether oxygens (including phenoxy) is 1. The van der Waals surface area contributed by atoms with Crippen LogP contribution in [-0.2, 0) is 35.5 Å². The second-order valence-electron chi connectivity index (χ2n) is 12.1. The number of hydrogen-bond donors (Lipinski definition) is 0. The zero-order chi connectivity index (χ0) is 35.8. The van der Waals surface area contributed by atoms with E-state index in [1.807, 2.05) is 11.8 Å². The molecule has 0 bridgehead atoms. The summed E-state index contributed by atoms with van der Waals surface area (Å²) in [5, 5.41) is 4.54. The van der Waals surface area contributed by atoms with Gasteiger partial charge >= 0.3 is 18.4 Å². The van der Waals surface area contributed by atoms with Crippen LogP contribution >= 0.6 is 0 Å². The van der Waals surface area contributed by atoms with Crippen LogP contribution in [0.2, 0.25) is 0 Å². The lowest BCUT2D eigenvalue weighted by Gasteiger charge is -2.43. The smallest absolute Gasteiger partial charge is 0.416 e. The number of halogens is 6. The quantitative estimate of drug-likeness (QED) is 0.273. The first-order valence-corrected chi connectivity index (χ1v) is 15.9. The van der Waals surface area contributed by atoms with Crippen LogP contribution in [0.25, 0.3) is 0 Å². The van der Waals surface area contributed by atoms with E-state index < -0.39 is 48.2 Å². The molecule has 11 nitrogen and oxygen atoms in total. The number of benzene rings is 1. The molecule has 2 aromatic heterocycles. The van der Waals surface area contributed by atoms with Gasteiger partial charge in [-0.25, -0.2) is 14.8 Å². The van der Waals surface area contributed by atoms with Crippen molar-refractivity contribution in [3.63, 3.8) is 0 Å². The lowest BCUT2D eigenvalue weighted by atomic mass is 9.90. The number of anilines is 3. The number of amides is 2. The van der Waals surface area contributed by atoms with Gasteiger partial charge in [-0.2, -0.15) is 31.4 Å². The molecule has 2 aliphatic heterocycles. The lowest BCUT2D eigenvalue weighted by Crippen LogP contribution is -2.49. The third-order valence-corrected chi connectivity index (χ3v) is 8.94. The van der Waals surface area contributed by atoms with Crippen LogP contribution in [-0.4, -0.2) is 75.5 Å². The molecular weight excluding hydrogens is 658 g/mol. The molecule has 3 aromatic rings. The maximum absolute atomic E-state index is 13.9. The monoisotopic (exact) mass is 696 g/mol. The molecule has 2 unspecified atom stereocenters. The zero-order valence-corrected chi connectivity index (χ0v) is 27.8. The minimum atomic E-state index is -5.03. The van der Waals surface area contributed by atoms with E-state index in [1.165, 1.54) is 16.5 Å². The van der Waals surface area contributed by atoms with Crippen molar-refractivity contribution in [3.05, 3.63) is 58.5 Å². The number of aromatic nitrogens is 4. The third-order valence-electron chi connectivity index (χ3n) is 8.94. The molecule has 4 heterocycles. The molecule has 0 radical (unpaired) electrons. The molecule has 0 N–H and O–H groups in total. The highest BCUT2D eigenvalue weighted by atomic mass is 19.4. The van der Waals surface area contributed by atoms with Crippen molar-refractivity contribution in [2.75, 3.05) is 47.5 Å². The Morgan fingerprint density at radius 3 is 2.06 bits per heavy atom. The topological polar surface area (TPSA) is 99.9 Å². The maximum Gasteiger partial charge on any atom is 0.416 e. The van der Waals surface area contributed by atoms with Gasteiger partial charge in [-0.15, -0.1) is 0 Å². The van der Waals surface area contributed by atoms with Gasteiger partial charge in [-0.1, -0.05) is 6.92 Å². The van der Waals surface area contributed by atoms with Crippen molar-refractivity contribution in [1.82, 2.24) is 24.6 Å². The summed E-state index contributed by atoms with van der Waals surface area (Å²) in [5.74, 6) is 0.439. The van der Waals surface area contributed by atoms with Gasteiger partial charge in [-0.3, -0.25) is 14.4 Å². The number of rotatable bonds is 7. The Morgan fingerprint density at radius 2 is 1.55 bits per heavy atom. The first kappa shape index (κ1) is 35.7. The summed E-state index contributed by atoms with van der Waals surface area (Å²) in [6.07, 6.45) is -6.86. The van der Waals surface area contributed by atoms with E-state index in [9.17, 15) is 35.9 Å². The molecule has 1 fully saturated rings. The number of fused-ring (bicyclic) bond motifs is 1.